The quantitative estimate of drug-likeness (QED) is 0.588. The SMILES string of the molecule is Cn1cccc1-c1nnc2ccc(C(=O)N3CCNC(c4ccccc4)C3)cn12. The number of benzene rings is 1. The monoisotopic (exact) mass is 386 g/mol. The van der Waals surface area contributed by atoms with E-state index < -0.39 is 0 Å². The minimum Gasteiger partial charge on any atom is -0.348 e. The molecular weight excluding hydrogens is 364 g/mol. The van der Waals surface area contributed by atoms with Crippen molar-refractivity contribution in [2.75, 3.05) is 19.6 Å². The second kappa shape index (κ2) is 7.18. The molecule has 1 aliphatic rings. The zero-order chi connectivity index (χ0) is 19.8. The molecule has 1 atom stereocenters. The Bertz CT molecular complexity index is 1160. The Hall–Kier alpha value is -3.45. The van der Waals surface area contributed by atoms with Crippen molar-refractivity contribution in [3.05, 3.63) is 78.1 Å². The molecule has 1 fully saturated rings. The van der Waals surface area contributed by atoms with E-state index >= 15 is 0 Å². The first-order chi connectivity index (χ1) is 14.2. The molecule has 1 N–H and O–H groups in total. The second-order valence-corrected chi connectivity index (χ2v) is 7.34. The number of carbonyl (C=O) groups excluding carboxylic acids is 1. The lowest BCUT2D eigenvalue weighted by atomic mass is 10.0. The van der Waals surface area contributed by atoms with E-state index in [-0.39, 0.29) is 11.9 Å². The molecule has 146 valence electrons. The van der Waals surface area contributed by atoms with E-state index in [0.717, 1.165) is 23.7 Å². The van der Waals surface area contributed by atoms with Gasteiger partial charge in [-0.05, 0) is 29.8 Å². The lowest BCUT2D eigenvalue weighted by Gasteiger charge is -2.34. The molecule has 4 aromatic rings. The van der Waals surface area contributed by atoms with Crippen LogP contribution in [0.1, 0.15) is 22.0 Å². The number of fused-ring (bicyclic) bond motifs is 1. The van der Waals surface area contributed by atoms with Crippen LogP contribution in [0.15, 0.2) is 67.0 Å². The fraction of sp³-hybridized carbons (Fsp3) is 0.227. The van der Waals surface area contributed by atoms with Gasteiger partial charge in [-0.15, -0.1) is 10.2 Å². The van der Waals surface area contributed by atoms with Gasteiger partial charge in [0.25, 0.3) is 5.91 Å². The van der Waals surface area contributed by atoms with E-state index in [4.69, 9.17) is 0 Å². The van der Waals surface area contributed by atoms with Crippen LogP contribution in [-0.2, 0) is 7.05 Å². The first-order valence-corrected chi connectivity index (χ1v) is 9.75. The Morgan fingerprint density at radius 2 is 1.93 bits per heavy atom. The maximum Gasteiger partial charge on any atom is 0.255 e. The van der Waals surface area contributed by atoms with Crippen molar-refractivity contribution in [2.24, 2.45) is 7.05 Å². The lowest BCUT2D eigenvalue weighted by molar-refractivity contribution is 0.0702. The summed E-state index contributed by atoms with van der Waals surface area (Å²) in [5.41, 5.74) is 3.51. The van der Waals surface area contributed by atoms with Crippen molar-refractivity contribution in [3.63, 3.8) is 0 Å². The molecule has 29 heavy (non-hydrogen) atoms. The van der Waals surface area contributed by atoms with E-state index in [9.17, 15) is 4.79 Å². The van der Waals surface area contributed by atoms with Crippen molar-refractivity contribution >= 4 is 11.6 Å². The average Bonchev–Trinajstić information content (AvgIpc) is 3.39. The minimum absolute atomic E-state index is 0.0286. The Morgan fingerprint density at radius 3 is 2.72 bits per heavy atom. The standard InChI is InChI=1S/C22H22N6O/c1-26-12-5-8-19(26)21-25-24-20-10-9-17(14-28(20)21)22(29)27-13-11-23-18(15-27)16-6-3-2-4-7-16/h2-10,12,14,18,23H,11,13,15H2,1H3. The first-order valence-electron chi connectivity index (χ1n) is 9.75. The molecule has 7 heteroatoms. The van der Waals surface area contributed by atoms with Gasteiger partial charge in [0.2, 0.25) is 0 Å². The van der Waals surface area contributed by atoms with Gasteiger partial charge < -0.3 is 14.8 Å². The first kappa shape index (κ1) is 17.6. The van der Waals surface area contributed by atoms with Gasteiger partial charge in [-0.25, -0.2) is 0 Å². The van der Waals surface area contributed by atoms with Crippen LogP contribution < -0.4 is 5.32 Å². The average molecular weight is 386 g/mol. The number of nitrogens with one attached hydrogen (secondary N) is 1. The van der Waals surface area contributed by atoms with Crippen molar-refractivity contribution in [1.29, 1.82) is 0 Å². The summed E-state index contributed by atoms with van der Waals surface area (Å²) in [5, 5.41) is 12.1. The number of carbonyl (C=O) groups is 1. The molecule has 1 unspecified atom stereocenters. The zero-order valence-corrected chi connectivity index (χ0v) is 16.2. The Balaban J connectivity index is 1.44. The topological polar surface area (TPSA) is 67.5 Å². The number of pyridine rings is 1. The summed E-state index contributed by atoms with van der Waals surface area (Å²) in [5.74, 6) is 0.755. The summed E-state index contributed by atoms with van der Waals surface area (Å²) in [6, 6.07) is 18.1. The number of nitrogens with zero attached hydrogens (tertiary/aromatic N) is 5. The molecule has 1 aliphatic heterocycles. The predicted molar refractivity (Wildman–Crippen MR) is 110 cm³/mol. The smallest absolute Gasteiger partial charge is 0.255 e. The largest absolute Gasteiger partial charge is 0.348 e. The highest BCUT2D eigenvalue weighted by Gasteiger charge is 2.25. The van der Waals surface area contributed by atoms with E-state index in [1.807, 2.05) is 75.8 Å². The van der Waals surface area contributed by atoms with Gasteiger partial charge in [-0.1, -0.05) is 30.3 Å². The summed E-state index contributed by atoms with van der Waals surface area (Å²) in [6.07, 6.45) is 3.81. The molecule has 0 radical (unpaired) electrons. The molecule has 0 spiro atoms. The normalized spacial score (nSPS) is 17.0. The third-order valence-corrected chi connectivity index (χ3v) is 5.49. The molecule has 3 aromatic heterocycles. The molecule has 5 rings (SSSR count). The van der Waals surface area contributed by atoms with Gasteiger partial charge in [0.1, 0.15) is 0 Å². The lowest BCUT2D eigenvalue weighted by Crippen LogP contribution is -2.48. The van der Waals surface area contributed by atoms with Crippen molar-refractivity contribution < 1.29 is 4.79 Å². The van der Waals surface area contributed by atoms with Crippen LogP contribution in [0.5, 0.6) is 0 Å². The van der Waals surface area contributed by atoms with Crippen molar-refractivity contribution in [3.8, 4) is 11.5 Å². The maximum absolute atomic E-state index is 13.2. The van der Waals surface area contributed by atoms with Gasteiger partial charge in [0.05, 0.1) is 11.3 Å². The Labute approximate surface area is 168 Å². The van der Waals surface area contributed by atoms with E-state index in [1.54, 1.807) is 0 Å². The highest BCUT2D eigenvalue weighted by molar-refractivity contribution is 5.94. The molecule has 1 aromatic carbocycles. The van der Waals surface area contributed by atoms with Gasteiger partial charge in [-0.3, -0.25) is 9.20 Å². The van der Waals surface area contributed by atoms with Crippen molar-refractivity contribution in [1.82, 2.24) is 29.4 Å². The van der Waals surface area contributed by atoms with Crippen LogP contribution in [0, 0.1) is 0 Å². The van der Waals surface area contributed by atoms with Crippen LogP contribution in [0.3, 0.4) is 0 Å². The molecule has 0 bridgehead atoms. The van der Waals surface area contributed by atoms with Gasteiger partial charge in [0, 0.05) is 45.1 Å². The van der Waals surface area contributed by atoms with E-state index in [0.29, 0.717) is 18.7 Å². The number of amides is 1. The predicted octanol–water partition coefficient (Wildman–Crippen LogP) is 2.52. The van der Waals surface area contributed by atoms with Crippen LogP contribution in [0.25, 0.3) is 17.2 Å². The third kappa shape index (κ3) is 3.19. The summed E-state index contributed by atoms with van der Waals surface area (Å²) in [6.45, 7) is 2.11. The van der Waals surface area contributed by atoms with Crippen LogP contribution >= 0.6 is 0 Å². The highest BCUT2D eigenvalue weighted by Crippen LogP contribution is 2.21. The highest BCUT2D eigenvalue weighted by atomic mass is 16.2. The van der Waals surface area contributed by atoms with E-state index in [2.05, 4.69) is 27.6 Å². The molecule has 4 heterocycles. The summed E-state index contributed by atoms with van der Waals surface area (Å²) >= 11 is 0. The van der Waals surface area contributed by atoms with Crippen molar-refractivity contribution in [2.45, 2.75) is 6.04 Å². The minimum atomic E-state index is 0.0286. The number of hydrogen-bond acceptors (Lipinski definition) is 4. The molecule has 1 saturated heterocycles. The maximum atomic E-state index is 13.2. The second-order valence-electron chi connectivity index (χ2n) is 7.34. The van der Waals surface area contributed by atoms with Crippen LogP contribution in [0.4, 0.5) is 0 Å². The van der Waals surface area contributed by atoms with Crippen LogP contribution in [0.2, 0.25) is 0 Å². The molecule has 1 amide bonds. The Kier molecular flexibility index (Phi) is 4.37. The summed E-state index contributed by atoms with van der Waals surface area (Å²) < 4.78 is 3.88. The molecular formula is C22H22N6O. The molecule has 0 aliphatic carbocycles. The number of piperazine rings is 1. The van der Waals surface area contributed by atoms with Gasteiger partial charge in [-0.2, -0.15) is 0 Å². The third-order valence-electron chi connectivity index (χ3n) is 5.49. The number of rotatable bonds is 3. The number of hydrogen-bond donors (Lipinski definition) is 1. The molecule has 7 nitrogen and oxygen atoms in total. The zero-order valence-electron chi connectivity index (χ0n) is 16.2. The number of aromatic nitrogens is 4. The van der Waals surface area contributed by atoms with Gasteiger partial charge in [0.15, 0.2) is 11.5 Å². The fourth-order valence-electron chi connectivity index (χ4n) is 3.91. The Morgan fingerprint density at radius 1 is 1.07 bits per heavy atom. The van der Waals surface area contributed by atoms with Crippen LogP contribution in [-0.4, -0.2) is 49.6 Å². The summed E-state index contributed by atoms with van der Waals surface area (Å²) in [4.78, 5) is 15.2. The number of aryl methyl sites for hydroxylation is 1. The fourth-order valence-corrected chi connectivity index (χ4v) is 3.91. The van der Waals surface area contributed by atoms with E-state index in [1.165, 1.54) is 5.56 Å². The molecule has 0 saturated carbocycles. The summed E-state index contributed by atoms with van der Waals surface area (Å²) in [7, 11) is 1.97. The van der Waals surface area contributed by atoms with Gasteiger partial charge >= 0.3 is 0 Å².